The average molecular weight is 125 g/mol. The summed E-state index contributed by atoms with van der Waals surface area (Å²) in [5.41, 5.74) is -0.480. The van der Waals surface area contributed by atoms with Gasteiger partial charge >= 0.3 is 0 Å². The molecule has 0 aliphatic carbocycles. The lowest BCUT2D eigenvalue weighted by Crippen LogP contribution is -2.59. The van der Waals surface area contributed by atoms with Crippen molar-refractivity contribution in [1.82, 2.24) is 5.32 Å². The van der Waals surface area contributed by atoms with E-state index in [1.807, 2.05) is 0 Å². The van der Waals surface area contributed by atoms with Crippen molar-refractivity contribution in [2.75, 3.05) is 13.1 Å². The van der Waals surface area contributed by atoms with E-state index >= 15 is 0 Å². The Balaban J connectivity index is 2.19. The van der Waals surface area contributed by atoms with Gasteiger partial charge in [0.2, 0.25) is 0 Å². The van der Waals surface area contributed by atoms with Crippen LogP contribution in [0.15, 0.2) is 0 Å². The zero-order valence-corrected chi connectivity index (χ0v) is 5.35. The van der Waals surface area contributed by atoms with E-state index in [9.17, 15) is 5.11 Å². The Morgan fingerprint density at radius 1 is 1.67 bits per heavy atom. The van der Waals surface area contributed by atoms with Crippen LogP contribution < -0.4 is 5.32 Å². The van der Waals surface area contributed by atoms with Crippen LogP contribution in [0, 0.1) is 12.3 Å². The molecule has 0 aromatic rings. The molecule has 1 rings (SSSR count). The quantitative estimate of drug-likeness (QED) is 0.498. The Bertz CT molecular complexity index is 132. The van der Waals surface area contributed by atoms with Crippen LogP contribution >= 0.6 is 0 Å². The minimum atomic E-state index is -0.480. The van der Waals surface area contributed by atoms with E-state index in [1.54, 1.807) is 0 Å². The second-order valence-corrected chi connectivity index (χ2v) is 2.53. The summed E-state index contributed by atoms with van der Waals surface area (Å²) in [6.07, 6.45) is 6.44. The van der Waals surface area contributed by atoms with Gasteiger partial charge in [-0.25, -0.2) is 0 Å². The van der Waals surface area contributed by atoms with E-state index in [4.69, 9.17) is 6.42 Å². The molecule has 0 spiro atoms. The molecule has 50 valence electrons. The predicted molar refractivity (Wildman–Crippen MR) is 35.9 cm³/mol. The highest BCUT2D eigenvalue weighted by atomic mass is 16.3. The fraction of sp³-hybridized carbons (Fsp3) is 0.714. The zero-order valence-electron chi connectivity index (χ0n) is 5.35. The first kappa shape index (κ1) is 6.60. The van der Waals surface area contributed by atoms with E-state index in [0.717, 1.165) is 6.42 Å². The van der Waals surface area contributed by atoms with Crippen molar-refractivity contribution in [2.24, 2.45) is 0 Å². The van der Waals surface area contributed by atoms with Gasteiger partial charge in [-0.1, -0.05) is 0 Å². The van der Waals surface area contributed by atoms with Crippen molar-refractivity contribution >= 4 is 0 Å². The highest BCUT2D eigenvalue weighted by Crippen LogP contribution is 2.16. The first-order chi connectivity index (χ1) is 4.27. The number of terminal acetylenes is 1. The van der Waals surface area contributed by atoms with Gasteiger partial charge in [0, 0.05) is 19.5 Å². The molecule has 0 aromatic heterocycles. The van der Waals surface area contributed by atoms with Crippen LogP contribution in [0.25, 0.3) is 0 Å². The number of nitrogens with one attached hydrogen (secondary N) is 1. The van der Waals surface area contributed by atoms with Crippen LogP contribution in [0.2, 0.25) is 0 Å². The van der Waals surface area contributed by atoms with Crippen molar-refractivity contribution in [3.8, 4) is 12.3 Å². The van der Waals surface area contributed by atoms with Crippen molar-refractivity contribution in [3.05, 3.63) is 0 Å². The lowest BCUT2D eigenvalue weighted by molar-refractivity contribution is -0.0157. The first-order valence-electron chi connectivity index (χ1n) is 3.13. The van der Waals surface area contributed by atoms with Gasteiger partial charge in [0.1, 0.15) is 0 Å². The zero-order chi connectivity index (χ0) is 6.74. The molecule has 0 amide bonds. The molecule has 1 fully saturated rings. The molecule has 2 N–H and O–H groups in total. The van der Waals surface area contributed by atoms with Gasteiger partial charge in [-0.3, -0.25) is 0 Å². The van der Waals surface area contributed by atoms with Crippen molar-refractivity contribution < 1.29 is 5.11 Å². The van der Waals surface area contributed by atoms with Crippen LogP contribution in [0.3, 0.4) is 0 Å². The van der Waals surface area contributed by atoms with Crippen LogP contribution in [0.1, 0.15) is 12.8 Å². The topological polar surface area (TPSA) is 32.3 Å². The minimum Gasteiger partial charge on any atom is -0.387 e. The number of rotatable bonds is 2. The van der Waals surface area contributed by atoms with Crippen molar-refractivity contribution in [1.29, 1.82) is 0 Å². The number of β-amino-alcohol motifs (C(OH)–C–C–N with tert-alkyl or cyclic N) is 1. The Kier molecular flexibility index (Phi) is 1.75. The third-order valence-electron chi connectivity index (χ3n) is 1.64. The predicted octanol–water partition coefficient (Wildman–Crippen LogP) is -0.266. The maximum Gasteiger partial charge on any atom is 0.0904 e. The standard InChI is InChI=1S/C7H11NO/c1-2-3-4-7(9)5-8-6-7/h1,8-9H,3-6H2. The number of hydrogen-bond acceptors (Lipinski definition) is 2. The summed E-state index contributed by atoms with van der Waals surface area (Å²) in [7, 11) is 0. The molecule has 1 aliphatic rings. The largest absolute Gasteiger partial charge is 0.387 e. The van der Waals surface area contributed by atoms with Crippen molar-refractivity contribution in [2.45, 2.75) is 18.4 Å². The fourth-order valence-corrected chi connectivity index (χ4v) is 0.895. The summed E-state index contributed by atoms with van der Waals surface area (Å²) in [4.78, 5) is 0. The Morgan fingerprint density at radius 2 is 2.33 bits per heavy atom. The molecule has 0 bridgehead atoms. The molecule has 0 saturated carbocycles. The maximum absolute atomic E-state index is 9.38. The summed E-state index contributed by atoms with van der Waals surface area (Å²) < 4.78 is 0. The second-order valence-electron chi connectivity index (χ2n) is 2.53. The van der Waals surface area contributed by atoms with Crippen molar-refractivity contribution in [3.63, 3.8) is 0 Å². The minimum absolute atomic E-state index is 0.480. The lowest BCUT2D eigenvalue weighted by atomic mass is 9.92. The van der Waals surface area contributed by atoms with Gasteiger partial charge < -0.3 is 10.4 Å². The Labute approximate surface area is 55.3 Å². The Morgan fingerprint density at radius 3 is 2.67 bits per heavy atom. The van der Waals surface area contributed by atoms with Gasteiger partial charge in [-0.2, -0.15) is 0 Å². The van der Waals surface area contributed by atoms with E-state index in [1.165, 1.54) is 0 Å². The molecule has 0 atom stereocenters. The normalized spacial score (nSPS) is 22.2. The molecular formula is C7H11NO. The molecule has 0 radical (unpaired) electrons. The number of aliphatic hydroxyl groups is 1. The van der Waals surface area contributed by atoms with Crippen LogP contribution in [0.4, 0.5) is 0 Å². The summed E-state index contributed by atoms with van der Waals surface area (Å²) in [6.45, 7) is 1.41. The molecule has 2 nitrogen and oxygen atoms in total. The van der Waals surface area contributed by atoms with Gasteiger partial charge in [-0.05, 0) is 6.42 Å². The molecule has 0 aromatic carbocycles. The van der Waals surface area contributed by atoms with Gasteiger partial charge in [0.05, 0.1) is 5.60 Å². The molecule has 0 unspecified atom stereocenters. The molecule has 1 aliphatic heterocycles. The van der Waals surface area contributed by atoms with Crippen LogP contribution in [0.5, 0.6) is 0 Å². The summed E-state index contributed by atoms with van der Waals surface area (Å²) in [6, 6.07) is 0. The SMILES string of the molecule is C#CCCC1(O)CNC1. The third-order valence-corrected chi connectivity index (χ3v) is 1.64. The third kappa shape index (κ3) is 1.44. The summed E-state index contributed by atoms with van der Waals surface area (Å²) >= 11 is 0. The van der Waals surface area contributed by atoms with Gasteiger partial charge in [-0.15, -0.1) is 12.3 Å². The van der Waals surface area contributed by atoms with E-state index in [0.29, 0.717) is 19.5 Å². The van der Waals surface area contributed by atoms with Gasteiger partial charge in [0.15, 0.2) is 0 Å². The highest BCUT2D eigenvalue weighted by Gasteiger charge is 2.32. The highest BCUT2D eigenvalue weighted by molar-refractivity contribution is 4.96. The number of hydrogen-bond donors (Lipinski definition) is 2. The molecular weight excluding hydrogens is 114 g/mol. The summed E-state index contributed by atoms with van der Waals surface area (Å²) in [5.74, 6) is 2.50. The second kappa shape index (κ2) is 2.38. The Hall–Kier alpha value is -0.520. The lowest BCUT2D eigenvalue weighted by Gasteiger charge is -2.37. The molecule has 9 heavy (non-hydrogen) atoms. The average Bonchev–Trinajstić information content (AvgIpc) is 1.79. The maximum atomic E-state index is 9.38. The molecule has 1 saturated heterocycles. The summed E-state index contributed by atoms with van der Waals surface area (Å²) in [5, 5.41) is 12.4. The van der Waals surface area contributed by atoms with Crippen LogP contribution in [-0.4, -0.2) is 23.8 Å². The van der Waals surface area contributed by atoms with Gasteiger partial charge in [0.25, 0.3) is 0 Å². The first-order valence-corrected chi connectivity index (χ1v) is 3.13. The van der Waals surface area contributed by atoms with Crippen LogP contribution in [-0.2, 0) is 0 Å². The monoisotopic (exact) mass is 125 g/mol. The fourth-order valence-electron chi connectivity index (χ4n) is 0.895. The van der Waals surface area contributed by atoms with E-state index < -0.39 is 5.60 Å². The molecule has 1 heterocycles. The van der Waals surface area contributed by atoms with E-state index in [2.05, 4.69) is 11.2 Å². The van der Waals surface area contributed by atoms with E-state index in [-0.39, 0.29) is 0 Å². The molecule has 2 heteroatoms. The smallest absolute Gasteiger partial charge is 0.0904 e.